The average Bonchev–Trinajstić information content (AvgIpc) is 3.46. The Kier molecular flexibility index (Phi) is 67.6. The number of hydrogen-bond acceptors (Lipinski definition) is 6. The second-order valence-electron chi connectivity index (χ2n) is 24.9. The van der Waals surface area contributed by atoms with E-state index in [-0.39, 0.29) is 31.1 Å². The van der Waals surface area contributed by atoms with E-state index in [1.807, 2.05) is 0 Å². The van der Waals surface area contributed by atoms with Crippen molar-refractivity contribution in [3.63, 3.8) is 0 Å². The third-order valence-electron chi connectivity index (χ3n) is 16.7. The molecule has 0 N–H and O–H groups in total. The van der Waals surface area contributed by atoms with Crippen molar-refractivity contribution < 1.29 is 28.6 Å². The lowest BCUT2D eigenvalue weighted by atomic mass is 10.0. The van der Waals surface area contributed by atoms with Crippen molar-refractivity contribution in [2.45, 2.75) is 419 Å². The fraction of sp³-hybridized carbons (Fsp3) is 0.905. The van der Waals surface area contributed by atoms with Crippen LogP contribution in [0.15, 0.2) is 24.3 Å². The number of unbranched alkanes of at least 4 members (excludes halogenated alkanes) is 53. The predicted octanol–water partition coefficient (Wildman–Crippen LogP) is 25.0. The third-order valence-corrected chi connectivity index (χ3v) is 16.7. The van der Waals surface area contributed by atoms with Gasteiger partial charge in [-0.2, -0.15) is 0 Å². The predicted molar refractivity (Wildman–Crippen MR) is 349 cm³/mol. The third kappa shape index (κ3) is 66.7. The first-order valence-corrected chi connectivity index (χ1v) is 36.3. The van der Waals surface area contributed by atoms with Crippen LogP contribution in [-0.2, 0) is 28.6 Å². The van der Waals surface area contributed by atoms with Gasteiger partial charge < -0.3 is 14.2 Å². The van der Waals surface area contributed by atoms with Crippen LogP contribution in [0.25, 0.3) is 0 Å². The van der Waals surface area contributed by atoms with E-state index in [9.17, 15) is 14.4 Å². The molecule has 6 nitrogen and oxygen atoms in total. The van der Waals surface area contributed by atoms with Crippen LogP contribution >= 0.6 is 0 Å². The summed E-state index contributed by atoms with van der Waals surface area (Å²) in [6.07, 6.45) is 85.3. The molecule has 0 bridgehead atoms. The number of esters is 3. The molecular weight excluding hydrogens is 985 g/mol. The lowest BCUT2D eigenvalue weighted by Gasteiger charge is -2.18. The molecule has 0 heterocycles. The number of ether oxygens (including phenoxy) is 3. The van der Waals surface area contributed by atoms with E-state index in [2.05, 4.69) is 45.1 Å². The van der Waals surface area contributed by atoms with Gasteiger partial charge in [-0.1, -0.05) is 347 Å². The van der Waals surface area contributed by atoms with Crippen LogP contribution in [-0.4, -0.2) is 37.2 Å². The van der Waals surface area contributed by atoms with Gasteiger partial charge >= 0.3 is 17.9 Å². The van der Waals surface area contributed by atoms with E-state index >= 15 is 0 Å². The summed E-state index contributed by atoms with van der Waals surface area (Å²) in [5, 5.41) is 0. The summed E-state index contributed by atoms with van der Waals surface area (Å²) in [6.45, 7) is 6.68. The highest BCUT2D eigenvalue weighted by Gasteiger charge is 2.19. The highest BCUT2D eigenvalue weighted by atomic mass is 16.6. The molecule has 0 rings (SSSR count). The van der Waals surface area contributed by atoms with Crippen LogP contribution in [0, 0.1) is 0 Å². The van der Waals surface area contributed by atoms with E-state index in [0.717, 1.165) is 70.6 Å². The van der Waals surface area contributed by atoms with E-state index < -0.39 is 6.10 Å². The molecule has 1 atom stereocenters. The Morgan fingerprint density at radius 3 is 0.625 bits per heavy atom. The summed E-state index contributed by atoms with van der Waals surface area (Å²) >= 11 is 0. The van der Waals surface area contributed by atoms with Crippen LogP contribution in [0.5, 0.6) is 0 Å². The average molecular weight is 1130 g/mol. The maximum absolute atomic E-state index is 12.9. The second-order valence-corrected chi connectivity index (χ2v) is 24.9. The molecule has 0 aromatic heterocycles. The number of carbonyl (C=O) groups is 3. The quantitative estimate of drug-likeness (QED) is 0.0261. The summed E-state index contributed by atoms with van der Waals surface area (Å²) in [6, 6.07) is 0. The second kappa shape index (κ2) is 69.4. The molecule has 6 heteroatoms. The normalized spacial score (nSPS) is 12.1. The lowest BCUT2D eigenvalue weighted by molar-refractivity contribution is -0.167. The Hall–Kier alpha value is -2.11. The van der Waals surface area contributed by atoms with Crippen LogP contribution < -0.4 is 0 Å². The minimum absolute atomic E-state index is 0.0723. The highest BCUT2D eigenvalue weighted by Crippen LogP contribution is 2.19. The summed E-state index contributed by atoms with van der Waals surface area (Å²) < 4.78 is 16.9. The Morgan fingerprint density at radius 2 is 0.412 bits per heavy atom. The molecule has 0 aliphatic carbocycles. The van der Waals surface area contributed by atoms with Crippen LogP contribution in [0.2, 0.25) is 0 Å². The lowest BCUT2D eigenvalue weighted by Crippen LogP contribution is -2.30. The van der Waals surface area contributed by atoms with Gasteiger partial charge in [0.2, 0.25) is 0 Å². The standard InChI is InChI=1S/C74H140O6/c1-4-7-10-13-16-19-22-25-28-29-30-31-32-33-34-35-36-37-38-39-40-41-42-43-44-45-46-47-50-52-55-58-61-64-67-73(76)79-70-71(80-74(77)68-65-62-59-56-53-49-27-24-21-18-15-12-9-6-3)69-78-72(75)66-63-60-57-54-51-48-26-23-20-17-14-11-8-5-2/h23-24,26-27,71H,4-22,25,28-70H2,1-3H3/b26-23-,27-24-. The summed E-state index contributed by atoms with van der Waals surface area (Å²) in [4.78, 5) is 38.3. The largest absolute Gasteiger partial charge is 0.462 e. The minimum Gasteiger partial charge on any atom is -0.462 e. The van der Waals surface area contributed by atoms with Gasteiger partial charge in [-0.15, -0.1) is 0 Å². The van der Waals surface area contributed by atoms with Gasteiger partial charge in [-0.3, -0.25) is 14.4 Å². The Bertz CT molecular complexity index is 1290. The maximum Gasteiger partial charge on any atom is 0.306 e. The molecule has 80 heavy (non-hydrogen) atoms. The first-order chi connectivity index (χ1) is 39.5. The fourth-order valence-electron chi connectivity index (χ4n) is 11.2. The van der Waals surface area contributed by atoms with E-state index in [1.165, 1.54) is 302 Å². The SMILES string of the molecule is CCCCCCC/C=C\CCCCCCCC(=O)OCC(COC(=O)CCCCCCCCCCCCCCCCCCCCCCCCCCCCCCCCCCCC)OC(=O)CCCCCCC/C=C\CCCCCCC. The zero-order chi connectivity index (χ0) is 57.8. The summed E-state index contributed by atoms with van der Waals surface area (Å²) in [7, 11) is 0. The minimum atomic E-state index is -0.777. The first kappa shape index (κ1) is 77.9. The molecule has 0 saturated heterocycles. The van der Waals surface area contributed by atoms with Gasteiger partial charge in [0, 0.05) is 19.3 Å². The van der Waals surface area contributed by atoms with Crippen molar-refractivity contribution in [2.24, 2.45) is 0 Å². The number of carbonyl (C=O) groups excluding carboxylic acids is 3. The Balaban J connectivity index is 4.05. The smallest absolute Gasteiger partial charge is 0.306 e. The molecule has 0 aromatic rings. The van der Waals surface area contributed by atoms with Crippen molar-refractivity contribution in [1.82, 2.24) is 0 Å². The van der Waals surface area contributed by atoms with Gasteiger partial charge in [-0.25, -0.2) is 0 Å². The molecule has 0 saturated carbocycles. The molecule has 472 valence electrons. The zero-order valence-electron chi connectivity index (χ0n) is 54.4. The molecule has 0 spiro atoms. The van der Waals surface area contributed by atoms with Gasteiger partial charge in [-0.05, 0) is 70.6 Å². The molecule has 0 amide bonds. The molecule has 0 radical (unpaired) electrons. The van der Waals surface area contributed by atoms with Crippen molar-refractivity contribution in [2.75, 3.05) is 13.2 Å². The zero-order valence-corrected chi connectivity index (χ0v) is 54.4. The molecule has 0 aliphatic rings. The van der Waals surface area contributed by atoms with Gasteiger partial charge in [0.25, 0.3) is 0 Å². The highest BCUT2D eigenvalue weighted by molar-refractivity contribution is 5.71. The monoisotopic (exact) mass is 1130 g/mol. The molecule has 1 unspecified atom stereocenters. The molecule has 0 aliphatic heterocycles. The van der Waals surface area contributed by atoms with Crippen molar-refractivity contribution >= 4 is 17.9 Å². The topological polar surface area (TPSA) is 78.9 Å². The molecular formula is C74H140O6. The molecule has 0 fully saturated rings. The van der Waals surface area contributed by atoms with Crippen LogP contribution in [0.1, 0.15) is 412 Å². The summed E-state index contributed by atoms with van der Waals surface area (Å²) in [5.41, 5.74) is 0. The number of rotatable bonds is 68. The van der Waals surface area contributed by atoms with Gasteiger partial charge in [0.05, 0.1) is 0 Å². The van der Waals surface area contributed by atoms with E-state index in [0.29, 0.717) is 19.3 Å². The number of hydrogen-bond donors (Lipinski definition) is 0. The van der Waals surface area contributed by atoms with Gasteiger partial charge in [0.1, 0.15) is 13.2 Å². The Labute approximate surface area is 500 Å². The van der Waals surface area contributed by atoms with Crippen molar-refractivity contribution in [3.05, 3.63) is 24.3 Å². The van der Waals surface area contributed by atoms with Crippen molar-refractivity contribution in [3.8, 4) is 0 Å². The Morgan fingerprint density at radius 1 is 0.237 bits per heavy atom. The van der Waals surface area contributed by atoms with E-state index in [4.69, 9.17) is 14.2 Å². The van der Waals surface area contributed by atoms with Crippen LogP contribution in [0.3, 0.4) is 0 Å². The number of allylic oxidation sites excluding steroid dienone is 4. The first-order valence-electron chi connectivity index (χ1n) is 36.3. The van der Waals surface area contributed by atoms with Gasteiger partial charge in [0.15, 0.2) is 6.10 Å². The fourth-order valence-corrected chi connectivity index (χ4v) is 11.2. The molecule has 0 aromatic carbocycles. The van der Waals surface area contributed by atoms with Crippen molar-refractivity contribution in [1.29, 1.82) is 0 Å². The van der Waals surface area contributed by atoms with Crippen LogP contribution in [0.4, 0.5) is 0 Å². The van der Waals surface area contributed by atoms with E-state index in [1.54, 1.807) is 0 Å². The maximum atomic E-state index is 12.9. The summed E-state index contributed by atoms with van der Waals surface area (Å²) in [5.74, 6) is -0.863.